The summed E-state index contributed by atoms with van der Waals surface area (Å²) in [4.78, 5) is 20.8. The fourth-order valence-corrected chi connectivity index (χ4v) is 3.22. The molecule has 0 radical (unpaired) electrons. The van der Waals surface area contributed by atoms with Crippen molar-refractivity contribution in [3.8, 4) is 0 Å². The van der Waals surface area contributed by atoms with Gasteiger partial charge in [0, 0.05) is 20.1 Å². The van der Waals surface area contributed by atoms with Gasteiger partial charge in [-0.2, -0.15) is 0 Å². The Kier molecular flexibility index (Phi) is 6.23. The van der Waals surface area contributed by atoms with Crippen molar-refractivity contribution in [3.63, 3.8) is 0 Å². The molecule has 0 aromatic carbocycles. The van der Waals surface area contributed by atoms with Gasteiger partial charge in [0.05, 0.1) is 25.2 Å². The highest BCUT2D eigenvalue weighted by Crippen LogP contribution is 2.26. The molecule has 136 valence electrons. The Morgan fingerprint density at radius 3 is 2.58 bits per heavy atom. The predicted molar refractivity (Wildman–Crippen MR) is 93.0 cm³/mol. The van der Waals surface area contributed by atoms with E-state index < -0.39 is 5.60 Å². The molecule has 0 saturated carbocycles. The molecule has 0 fully saturated rings. The first kappa shape index (κ1) is 18.7. The van der Waals surface area contributed by atoms with Gasteiger partial charge in [-0.05, 0) is 32.1 Å². The van der Waals surface area contributed by atoms with Crippen molar-refractivity contribution in [1.82, 2.24) is 14.5 Å². The van der Waals surface area contributed by atoms with Crippen molar-refractivity contribution >= 4 is 11.7 Å². The third-order valence-corrected chi connectivity index (χ3v) is 5.03. The van der Waals surface area contributed by atoms with Gasteiger partial charge in [-0.15, -0.1) is 0 Å². The predicted octanol–water partition coefficient (Wildman–Crippen LogP) is 1.45. The fraction of sp³-hybridized carbons (Fsp3) is 0.765. The molecule has 0 atom stereocenters. The molecule has 0 unspecified atom stereocenters. The van der Waals surface area contributed by atoms with E-state index in [1.807, 2.05) is 30.7 Å². The molecule has 1 aromatic heterocycles. The number of aliphatic hydroxyl groups excluding tert-OH is 1. The Labute approximate surface area is 143 Å². The van der Waals surface area contributed by atoms with Gasteiger partial charge in [0.1, 0.15) is 0 Å². The quantitative estimate of drug-likeness (QED) is 0.666. The first-order valence-electron chi connectivity index (χ1n) is 8.84. The molecule has 7 heteroatoms. The molecule has 0 spiro atoms. The first-order chi connectivity index (χ1) is 11.5. The molecule has 1 aromatic rings. The van der Waals surface area contributed by atoms with Crippen molar-refractivity contribution in [1.29, 1.82) is 0 Å². The Balaban J connectivity index is 1.95. The number of hydrogen-bond acceptors (Lipinski definition) is 5. The lowest BCUT2D eigenvalue weighted by Crippen LogP contribution is -2.46. The monoisotopic (exact) mass is 338 g/mol. The number of anilines is 1. The second-order valence-electron chi connectivity index (χ2n) is 6.63. The third-order valence-electron chi connectivity index (χ3n) is 5.03. The summed E-state index contributed by atoms with van der Waals surface area (Å²) in [6.45, 7) is 5.55. The minimum absolute atomic E-state index is 0.0214. The summed E-state index contributed by atoms with van der Waals surface area (Å²) in [5.41, 5.74) is -0.0216. The van der Waals surface area contributed by atoms with Crippen LogP contribution in [0.25, 0.3) is 0 Å². The van der Waals surface area contributed by atoms with Crippen LogP contribution in [0.3, 0.4) is 0 Å². The van der Waals surface area contributed by atoms with Gasteiger partial charge in [-0.3, -0.25) is 4.79 Å². The van der Waals surface area contributed by atoms with Gasteiger partial charge in [0.2, 0.25) is 0 Å². The molecule has 2 heterocycles. The van der Waals surface area contributed by atoms with E-state index in [-0.39, 0.29) is 12.5 Å². The van der Waals surface area contributed by atoms with Gasteiger partial charge >= 0.3 is 0 Å². The molecular weight excluding hydrogens is 308 g/mol. The number of rotatable bonds is 9. The molecule has 24 heavy (non-hydrogen) atoms. The summed E-state index contributed by atoms with van der Waals surface area (Å²) in [6.07, 6.45) is 5.67. The summed E-state index contributed by atoms with van der Waals surface area (Å²) in [5, 5.41) is 19.5. The number of amides is 1. The number of fused-ring (bicyclic) bond motifs is 1. The van der Waals surface area contributed by atoms with E-state index in [1.54, 1.807) is 10.9 Å². The van der Waals surface area contributed by atoms with Gasteiger partial charge in [0.25, 0.3) is 5.91 Å². The van der Waals surface area contributed by atoms with Crippen LogP contribution in [0, 0.1) is 0 Å². The number of unbranched alkanes of at least 4 members (excludes halogenated alkanes) is 1. The minimum atomic E-state index is -0.574. The fourth-order valence-electron chi connectivity index (χ4n) is 3.22. The number of aliphatic hydroxyl groups is 2. The lowest BCUT2D eigenvalue weighted by molar-refractivity contribution is 0.0206. The molecule has 0 aliphatic carbocycles. The lowest BCUT2D eigenvalue weighted by atomic mass is 9.91. The van der Waals surface area contributed by atoms with Crippen molar-refractivity contribution in [3.05, 3.63) is 12.0 Å². The second kappa shape index (κ2) is 7.98. The van der Waals surface area contributed by atoms with Crippen LogP contribution in [0.15, 0.2) is 6.33 Å². The van der Waals surface area contributed by atoms with E-state index in [0.717, 1.165) is 32.1 Å². The molecule has 2 N–H and O–H groups in total. The van der Waals surface area contributed by atoms with Crippen LogP contribution >= 0.6 is 0 Å². The van der Waals surface area contributed by atoms with Gasteiger partial charge in [0.15, 0.2) is 11.5 Å². The Bertz CT molecular complexity index is 554. The van der Waals surface area contributed by atoms with Crippen molar-refractivity contribution in [2.45, 2.75) is 58.1 Å². The summed E-state index contributed by atoms with van der Waals surface area (Å²) in [6, 6.07) is 0. The zero-order chi connectivity index (χ0) is 17.7. The second-order valence-corrected chi connectivity index (χ2v) is 6.63. The molecule has 7 nitrogen and oxygen atoms in total. The van der Waals surface area contributed by atoms with Crippen molar-refractivity contribution in [2.75, 3.05) is 31.8 Å². The highest BCUT2D eigenvalue weighted by atomic mass is 16.3. The van der Waals surface area contributed by atoms with E-state index in [1.165, 1.54) is 0 Å². The van der Waals surface area contributed by atoms with E-state index in [2.05, 4.69) is 4.98 Å². The Hall–Kier alpha value is -1.60. The SMILES string of the molecule is CCC(O)(CC)CCCCN1CN(C)c2ncn(CCO)c2C1=O. The molecule has 1 aliphatic heterocycles. The number of hydrogen-bond donors (Lipinski definition) is 2. The van der Waals surface area contributed by atoms with E-state index >= 15 is 0 Å². The van der Waals surface area contributed by atoms with Crippen LogP contribution in [0.2, 0.25) is 0 Å². The van der Waals surface area contributed by atoms with Crippen LogP contribution in [0.1, 0.15) is 56.4 Å². The van der Waals surface area contributed by atoms with Crippen LogP contribution in [0.5, 0.6) is 0 Å². The average Bonchev–Trinajstić information content (AvgIpc) is 3.00. The van der Waals surface area contributed by atoms with E-state index in [4.69, 9.17) is 5.11 Å². The zero-order valence-electron chi connectivity index (χ0n) is 15.0. The van der Waals surface area contributed by atoms with Gasteiger partial charge in [-0.25, -0.2) is 4.98 Å². The molecule has 0 bridgehead atoms. The topological polar surface area (TPSA) is 81.8 Å². The first-order valence-corrected chi connectivity index (χ1v) is 8.84. The summed E-state index contributed by atoms with van der Waals surface area (Å²) in [5.74, 6) is 0.645. The number of carbonyl (C=O) groups excluding carboxylic acids is 1. The van der Waals surface area contributed by atoms with Crippen LogP contribution in [0.4, 0.5) is 5.82 Å². The molecule has 0 saturated heterocycles. The van der Waals surface area contributed by atoms with E-state index in [9.17, 15) is 9.90 Å². The van der Waals surface area contributed by atoms with Gasteiger partial charge < -0.3 is 24.6 Å². The summed E-state index contributed by atoms with van der Waals surface area (Å²) in [7, 11) is 1.92. The van der Waals surface area contributed by atoms with Crippen molar-refractivity contribution < 1.29 is 15.0 Å². The molecule has 2 rings (SSSR count). The third kappa shape index (κ3) is 3.89. The zero-order valence-corrected chi connectivity index (χ0v) is 15.0. The average molecular weight is 338 g/mol. The van der Waals surface area contributed by atoms with Crippen LogP contribution in [-0.4, -0.2) is 63.0 Å². The normalized spacial score (nSPS) is 15.1. The maximum Gasteiger partial charge on any atom is 0.275 e. The summed E-state index contributed by atoms with van der Waals surface area (Å²) < 4.78 is 1.72. The number of carbonyl (C=O) groups is 1. The maximum absolute atomic E-state index is 12.7. The highest BCUT2D eigenvalue weighted by molar-refractivity contribution is 5.99. The van der Waals surface area contributed by atoms with Crippen molar-refractivity contribution in [2.24, 2.45) is 0 Å². The smallest absolute Gasteiger partial charge is 0.275 e. The highest BCUT2D eigenvalue weighted by Gasteiger charge is 2.31. The van der Waals surface area contributed by atoms with Gasteiger partial charge in [-0.1, -0.05) is 13.8 Å². The largest absolute Gasteiger partial charge is 0.395 e. The standard InChI is InChI=1S/C17H30N4O3/c1-4-17(24,5-2)8-6-7-9-21-13-19(3)15-14(16(21)23)20(10-11-22)12-18-15/h12,22,24H,4-11,13H2,1-3H3. The van der Waals surface area contributed by atoms with Crippen LogP contribution < -0.4 is 4.90 Å². The molecule has 1 aliphatic rings. The number of nitrogens with zero attached hydrogens (tertiary/aromatic N) is 4. The Morgan fingerprint density at radius 1 is 1.25 bits per heavy atom. The summed E-state index contributed by atoms with van der Waals surface area (Å²) >= 11 is 0. The number of imidazole rings is 1. The Morgan fingerprint density at radius 2 is 1.96 bits per heavy atom. The maximum atomic E-state index is 12.7. The molecular formula is C17H30N4O3. The van der Waals surface area contributed by atoms with E-state index in [0.29, 0.717) is 31.3 Å². The van der Waals surface area contributed by atoms with Crippen LogP contribution in [-0.2, 0) is 6.54 Å². The minimum Gasteiger partial charge on any atom is -0.395 e. The molecule has 1 amide bonds. The number of aromatic nitrogens is 2. The lowest BCUT2D eigenvalue weighted by Gasteiger charge is -2.34.